The third-order valence-corrected chi connectivity index (χ3v) is 4.05. The number of likely N-dealkylation sites (tertiary alicyclic amines) is 1. The molecule has 1 atom stereocenters. The highest BCUT2D eigenvalue weighted by Gasteiger charge is 2.25. The maximum Gasteiger partial charge on any atom is 0.241 e. The fourth-order valence-corrected chi connectivity index (χ4v) is 2.57. The van der Waals surface area contributed by atoms with Crippen LogP contribution in [0.1, 0.15) is 19.8 Å². The third-order valence-electron chi connectivity index (χ3n) is 4.05. The first-order valence-electron chi connectivity index (χ1n) is 7.49. The number of piperidine rings is 1. The van der Waals surface area contributed by atoms with Gasteiger partial charge in [-0.3, -0.25) is 9.69 Å². The highest BCUT2D eigenvalue weighted by atomic mass is 16.5. The van der Waals surface area contributed by atoms with Crippen molar-refractivity contribution in [3.63, 3.8) is 0 Å². The number of anilines is 1. The molecule has 1 fully saturated rings. The van der Waals surface area contributed by atoms with Crippen LogP contribution in [0.3, 0.4) is 0 Å². The first-order chi connectivity index (χ1) is 10.5. The van der Waals surface area contributed by atoms with Crippen molar-refractivity contribution in [1.82, 2.24) is 4.90 Å². The van der Waals surface area contributed by atoms with E-state index in [0.29, 0.717) is 30.0 Å². The van der Waals surface area contributed by atoms with Crippen LogP contribution in [0.25, 0.3) is 0 Å². The van der Waals surface area contributed by atoms with Gasteiger partial charge in [-0.2, -0.15) is 0 Å². The lowest BCUT2D eigenvalue weighted by molar-refractivity contribution is -0.121. The number of hydrogen-bond donors (Lipinski definition) is 2. The van der Waals surface area contributed by atoms with Gasteiger partial charge in [-0.15, -0.1) is 0 Å². The molecule has 0 saturated carbocycles. The highest BCUT2D eigenvalue weighted by Crippen LogP contribution is 2.26. The van der Waals surface area contributed by atoms with Gasteiger partial charge >= 0.3 is 0 Å². The quantitative estimate of drug-likeness (QED) is 0.862. The number of rotatable bonds is 5. The molecule has 0 aliphatic carbocycles. The molecule has 0 bridgehead atoms. The van der Waals surface area contributed by atoms with Crippen molar-refractivity contribution in [3.05, 3.63) is 18.2 Å². The Labute approximate surface area is 131 Å². The fourth-order valence-electron chi connectivity index (χ4n) is 2.57. The van der Waals surface area contributed by atoms with E-state index in [-0.39, 0.29) is 18.1 Å². The number of ether oxygens (including phenoxy) is 2. The van der Waals surface area contributed by atoms with E-state index in [4.69, 9.17) is 9.47 Å². The second-order valence-corrected chi connectivity index (χ2v) is 5.53. The summed E-state index contributed by atoms with van der Waals surface area (Å²) < 4.78 is 10.4. The van der Waals surface area contributed by atoms with E-state index in [1.165, 1.54) is 0 Å². The predicted molar refractivity (Wildman–Crippen MR) is 84.5 cm³/mol. The average molecular weight is 308 g/mol. The standard InChI is InChI=1S/C16H24N2O4/c1-11(18-6-4-13(19)5-7-18)16(20)17-12-8-14(21-2)10-15(9-12)22-3/h8-11,13,19H,4-7H2,1-3H3,(H,17,20)/t11-/m1/s1. The van der Waals surface area contributed by atoms with E-state index in [2.05, 4.69) is 10.2 Å². The number of nitrogens with one attached hydrogen (secondary N) is 1. The van der Waals surface area contributed by atoms with Gasteiger partial charge in [0.25, 0.3) is 0 Å². The molecule has 0 unspecified atom stereocenters. The Morgan fingerprint density at radius 1 is 1.23 bits per heavy atom. The second-order valence-electron chi connectivity index (χ2n) is 5.53. The maximum absolute atomic E-state index is 12.4. The molecule has 1 aliphatic rings. The number of benzene rings is 1. The predicted octanol–water partition coefficient (Wildman–Crippen LogP) is 1.49. The van der Waals surface area contributed by atoms with E-state index in [9.17, 15) is 9.90 Å². The van der Waals surface area contributed by atoms with Crippen molar-refractivity contribution < 1.29 is 19.4 Å². The summed E-state index contributed by atoms with van der Waals surface area (Å²) in [5, 5.41) is 12.4. The van der Waals surface area contributed by atoms with Gasteiger partial charge in [0.15, 0.2) is 0 Å². The molecular formula is C16H24N2O4. The maximum atomic E-state index is 12.4. The lowest BCUT2D eigenvalue weighted by atomic mass is 10.1. The van der Waals surface area contributed by atoms with Crippen molar-refractivity contribution in [3.8, 4) is 11.5 Å². The van der Waals surface area contributed by atoms with Gasteiger partial charge in [-0.1, -0.05) is 0 Å². The average Bonchev–Trinajstić information content (AvgIpc) is 2.54. The van der Waals surface area contributed by atoms with Gasteiger partial charge in [-0.05, 0) is 19.8 Å². The number of carbonyl (C=O) groups is 1. The van der Waals surface area contributed by atoms with E-state index in [1.807, 2.05) is 6.92 Å². The number of methoxy groups -OCH3 is 2. The Kier molecular flexibility index (Phi) is 5.63. The molecule has 0 spiro atoms. The number of aliphatic hydroxyl groups excluding tert-OH is 1. The van der Waals surface area contributed by atoms with Crippen LogP contribution >= 0.6 is 0 Å². The van der Waals surface area contributed by atoms with Crippen LogP contribution < -0.4 is 14.8 Å². The summed E-state index contributed by atoms with van der Waals surface area (Å²) in [5.74, 6) is 1.18. The number of carbonyl (C=O) groups excluding carboxylic acids is 1. The molecule has 1 aliphatic heterocycles. The summed E-state index contributed by atoms with van der Waals surface area (Å²) >= 11 is 0. The molecular weight excluding hydrogens is 284 g/mol. The molecule has 2 N–H and O–H groups in total. The molecule has 1 saturated heterocycles. The normalized spacial score (nSPS) is 17.8. The number of hydrogen-bond acceptors (Lipinski definition) is 5. The van der Waals surface area contributed by atoms with E-state index in [0.717, 1.165) is 13.1 Å². The van der Waals surface area contributed by atoms with Gasteiger partial charge in [0.1, 0.15) is 11.5 Å². The van der Waals surface area contributed by atoms with Gasteiger partial charge in [0, 0.05) is 37.0 Å². The van der Waals surface area contributed by atoms with Gasteiger partial charge in [0.05, 0.1) is 26.4 Å². The number of aliphatic hydroxyl groups is 1. The first kappa shape index (κ1) is 16.6. The summed E-state index contributed by atoms with van der Waals surface area (Å²) in [6.45, 7) is 3.35. The van der Waals surface area contributed by atoms with Crippen LogP contribution in [-0.2, 0) is 4.79 Å². The molecule has 2 rings (SSSR count). The van der Waals surface area contributed by atoms with Crippen LogP contribution in [0.15, 0.2) is 18.2 Å². The molecule has 6 nitrogen and oxygen atoms in total. The van der Waals surface area contributed by atoms with E-state index >= 15 is 0 Å². The second kappa shape index (κ2) is 7.47. The summed E-state index contributed by atoms with van der Waals surface area (Å²) in [4.78, 5) is 14.5. The number of amides is 1. The zero-order chi connectivity index (χ0) is 16.1. The van der Waals surface area contributed by atoms with Crippen LogP contribution in [0.2, 0.25) is 0 Å². The van der Waals surface area contributed by atoms with Crippen LogP contribution in [-0.4, -0.2) is 55.4 Å². The van der Waals surface area contributed by atoms with Crippen molar-refractivity contribution >= 4 is 11.6 Å². The first-order valence-corrected chi connectivity index (χ1v) is 7.49. The molecule has 6 heteroatoms. The minimum atomic E-state index is -0.246. The SMILES string of the molecule is COc1cc(NC(=O)[C@@H](C)N2CCC(O)CC2)cc(OC)c1. The Bertz CT molecular complexity index is 491. The molecule has 0 radical (unpaired) electrons. The monoisotopic (exact) mass is 308 g/mol. The third kappa shape index (κ3) is 4.11. The molecule has 1 amide bonds. The molecule has 1 heterocycles. The molecule has 0 aromatic heterocycles. The number of nitrogens with zero attached hydrogens (tertiary/aromatic N) is 1. The van der Waals surface area contributed by atoms with E-state index < -0.39 is 0 Å². The van der Waals surface area contributed by atoms with Crippen molar-refractivity contribution in [2.24, 2.45) is 0 Å². The van der Waals surface area contributed by atoms with Gasteiger partial charge in [-0.25, -0.2) is 0 Å². The fraction of sp³-hybridized carbons (Fsp3) is 0.562. The molecule has 122 valence electrons. The van der Waals surface area contributed by atoms with Gasteiger partial charge < -0.3 is 19.9 Å². The Morgan fingerprint density at radius 3 is 2.27 bits per heavy atom. The Hall–Kier alpha value is -1.79. The smallest absolute Gasteiger partial charge is 0.241 e. The van der Waals surface area contributed by atoms with Crippen molar-refractivity contribution in [1.29, 1.82) is 0 Å². The summed E-state index contributed by atoms with van der Waals surface area (Å²) in [6.07, 6.45) is 1.18. The lowest BCUT2D eigenvalue weighted by Crippen LogP contribution is -2.47. The molecule has 22 heavy (non-hydrogen) atoms. The van der Waals surface area contributed by atoms with Crippen molar-refractivity contribution in [2.75, 3.05) is 32.6 Å². The summed E-state index contributed by atoms with van der Waals surface area (Å²) in [5.41, 5.74) is 0.644. The minimum absolute atomic E-state index is 0.0771. The minimum Gasteiger partial charge on any atom is -0.497 e. The van der Waals surface area contributed by atoms with Crippen molar-refractivity contribution in [2.45, 2.75) is 31.9 Å². The van der Waals surface area contributed by atoms with E-state index in [1.54, 1.807) is 32.4 Å². The summed E-state index contributed by atoms with van der Waals surface area (Å²) in [6, 6.07) is 5.02. The topological polar surface area (TPSA) is 71.0 Å². The lowest BCUT2D eigenvalue weighted by Gasteiger charge is -2.33. The Balaban J connectivity index is 2.01. The van der Waals surface area contributed by atoms with Crippen LogP contribution in [0, 0.1) is 0 Å². The zero-order valence-corrected chi connectivity index (χ0v) is 13.3. The molecule has 1 aromatic rings. The Morgan fingerprint density at radius 2 is 1.77 bits per heavy atom. The largest absolute Gasteiger partial charge is 0.497 e. The highest BCUT2D eigenvalue weighted by molar-refractivity contribution is 5.94. The molecule has 1 aromatic carbocycles. The summed E-state index contributed by atoms with van der Waals surface area (Å²) in [7, 11) is 3.14. The zero-order valence-electron chi connectivity index (χ0n) is 13.3. The van der Waals surface area contributed by atoms with Crippen LogP contribution in [0.4, 0.5) is 5.69 Å². The van der Waals surface area contributed by atoms with Crippen LogP contribution in [0.5, 0.6) is 11.5 Å². The van der Waals surface area contributed by atoms with Gasteiger partial charge in [0.2, 0.25) is 5.91 Å².